The molecule has 2 aromatic carbocycles. The molecule has 0 bridgehead atoms. The van der Waals surface area contributed by atoms with E-state index in [0.29, 0.717) is 0 Å². The van der Waals surface area contributed by atoms with Crippen molar-refractivity contribution in [2.75, 3.05) is 0 Å². The third-order valence-corrected chi connectivity index (χ3v) is 4.78. The Bertz CT molecular complexity index is 739. The number of aryl methyl sites for hydroxylation is 1. The standard InChI is InChI=1S/C22H26/c1-6-16-13-17-11-12-20(22(3,4)5)21(19(17)14-16)18-10-8-7-9-15(18)2/h7-12,14H,6,13H2,1-5H3. The minimum atomic E-state index is 0.148. The van der Waals surface area contributed by atoms with Gasteiger partial charge in [-0.3, -0.25) is 0 Å². The van der Waals surface area contributed by atoms with Crippen LogP contribution in [0.25, 0.3) is 17.2 Å². The molecule has 2 aromatic rings. The summed E-state index contributed by atoms with van der Waals surface area (Å²) in [6.45, 7) is 11.4. The van der Waals surface area contributed by atoms with E-state index in [0.717, 1.165) is 12.8 Å². The first-order chi connectivity index (χ1) is 10.4. The molecular weight excluding hydrogens is 264 g/mol. The average Bonchev–Trinajstić information content (AvgIpc) is 2.89. The molecule has 0 nitrogen and oxygen atoms in total. The fourth-order valence-electron chi connectivity index (χ4n) is 3.48. The van der Waals surface area contributed by atoms with Crippen molar-refractivity contribution in [3.05, 3.63) is 64.2 Å². The Labute approximate surface area is 134 Å². The van der Waals surface area contributed by atoms with Gasteiger partial charge >= 0.3 is 0 Å². The molecule has 0 heteroatoms. The Kier molecular flexibility index (Phi) is 3.72. The van der Waals surface area contributed by atoms with Crippen LogP contribution in [0, 0.1) is 6.92 Å². The number of hydrogen-bond acceptors (Lipinski definition) is 0. The van der Waals surface area contributed by atoms with E-state index >= 15 is 0 Å². The molecule has 1 aliphatic rings. The highest BCUT2D eigenvalue weighted by Gasteiger charge is 2.25. The van der Waals surface area contributed by atoms with Crippen LogP contribution < -0.4 is 0 Å². The summed E-state index contributed by atoms with van der Waals surface area (Å²) >= 11 is 0. The number of benzene rings is 2. The van der Waals surface area contributed by atoms with E-state index in [1.807, 2.05) is 0 Å². The van der Waals surface area contributed by atoms with Crippen LogP contribution in [0.1, 0.15) is 56.4 Å². The lowest BCUT2D eigenvalue weighted by atomic mass is 9.78. The van der Waals surface area contributed by atoms with Crippen LogP contribution in [0.15, 0.2) is 42.0 Å². The average molecular weight is 290 g/mol. The molecule has 3 rings (SSSR count). The van der Waals surface area contributed by atoms with Gasteiger partial charge in [-0.25, -0.2) is 0 Å². The van der Waals surface area contributed by atoms with E-state index in [4.69, 9.17) is 0 Å². The third-order valence-electron chi connectivity index (χ3n) is 4.78. The maximum Gasteiger partial charge on any atom is -0.00577 e. The molecule has 114 valence electrons. The molecule has 0 heterocycles. The Morgan fingerprint density at radius 1 is 1.00 bits per heavy atom. The number of rotatable bonds is 2. The zero-order chi connectivity index (χ0) is 15.9. The van der Waals surface area contributed by atoms with E-state index in [-0.39, 0.29) is 5.41 Å². The first-order valence-electron chi connectivity index (χ1n) is 8.33. The summed E-state index contributed by atoms with van der Waals surface area (Å²) in [5, 5.41) is 0. The summed E-state index contributed by atoms with van der Waals surface area (Å²) < 4.78 is 0. The van der Waals surface area contributed by atoms with E-state index < -0.39 is 0 Å². The van der Waals surface area contributed by atoms with E-state index in [1.54, 1.807) is 5.57 Å². The second kappa shape index (κ2) is 5.43. The molecule has 1 aliphatic carbocycles. The summed E-state index contributed by atoms with van der Waals surface area (Å²) in [5.74, 6) is 0. The van der Waals surface area contributed by atoms with Crippen molar-refractivity contribution in [1.29, 1.82) is 0 Å². The van der Waals surface area contributed by atoms with Crippen molar-refractivity contribution in [2.24, 2.45) is 0 Å². The minimum Gasteiger partial charge on any atom is -0.0655 e. The van der Waals surface area contributed by atoms with Crippen molar-refractivity contribution < 1.29 is 0 Å². The fraction of sp³-hybridized carbons (Fsp3) is 0.364. The maximum absolute atomic E-state index is 2.44. The van der Waals surface area contributed by atoms with Gasteiger partial charge in [-0.2, -0.15) is 0 Å². The monoisotopic (exact) mass is 290 g/mol. The zero-order valence-corrected chi connectivity index (χ0v) is 14.5. The summed E-state index contributed by atoms with van der Waals surface area (Å²) in [4.78, 5) is 0. The summed E-state index contributed by atoms with van der Waals surface area (Å²) in [7, 11) is 0. The number of fused-ring (bicyclic) bond motifs is 1. The largest absolute Gasteiger partial charge is 0.0655 e. The highest BCUT2D eigenvalue weighted by Crippen LogP contribution is 2.42. The van der Waals surface area contributed by atoms with Gasteiger partial charge in [0.2, 0.25) is 0 Å². The molecule has 0 amide bonds. The Balaban J connectivity index is 2.33. The molecule has 0 N–H and O–H groups in total. The maximum atomic E-state index is 2.44. The Hall–Kier alpha value is -1.82. The number of hydrogen-bond donors (Lipinski definition) is 0. The molecule has 0 unspecified atom stereocenters. The van der Waals surface area contributed by atoms with Crippen LogP contribution in [0.3, 0.4) is 0 Å². The SMILES string of the molecule is CCC1=Cc2c(ccc(C(C)(C)C)c2-c2ccccc2C)C1. The normalized spacial score (nSPS) is 14.0. The third kappa shape index (κ3) is 2.52. The van der Waals surface area contributed by atoms with Gasteiger partial charge in [-0.15, -0.1) is 0 Å². The van der Waals surface area contributed by atoms with Crippen LogP contribution in [-0.4, -0.2) is 0 Å². The van der Waals surface area contributed by atoms with Crippen molar-refractivity contribution >= 4 is 6.08 Å². The minimum absolute atomic E-state index is 0.148. The van der Waals surface area contributed by atoms with E-state index in [1.165, 1.54) is 33.4 Å². The molecule has 0 fully saturated rings. The van der Waals surface area contributed by atoms with Crippen molar-refractivity contribution in [3.63, 3.8) is 0 Å². The molecular formula is C22H26. The van der Waals surface area contributed by atoms with Crippen molar-refractivity contribution in [2.45, 2.75) is 52.9 Å². The van der Waals surface area contributed by atoms with Crippen LogP contribution in [-0.2, 0) is 11.8 Å². The first-order valence-corrected chi connectivity index (χ1v) is 8.33. The van der Waals surface area contributed by atoms with Gasteiger partial charge in [-0.05, 0) is 58.6 Å². The lowest BCUT2D eigenvalue weighted by Gasteiger charge is -2.26. The second-order valence-corrected chi connectivity index (χ2v) is 7.46. The van der Waals surface area contributed by atoms with Crippen LogP contribution in [0.4, 0.5) is 0 Å². The van der Waals surface area contributed by atoms with Gasteiger partial charge in [-0.1, -0.05) is 75.7 Å². The molecule has 0 radical (unpaired) electrons. The predicted molar refractivity (Wildman–Crippen MR) is 97.3 cm³/mol. The van der Waals surface area contributed by atoms with Crippen LogP contribution in [0.5, 0.6) is 0 Å². The highest BCUT2D eigenvalue weighted by atomic mass is 14.3. The van der Waals surface area contributed by atoms with Crippen LogP contribution >= 0.6 is 0 Å². The van der Waals surface area contributed by atoms with Gasteiger partial charge < -0.3 is 0 Å². The molecule has 0 aromatic heterocycles. The van der Waals surface area contributed by atoms with Gasteiger partial charge in [0.05, 0.1) is 0 Å². The Morgan fingerprint density at radius 3 is 2.36 bits per heavy atom. The van der Waals surface area contributed by atoms with Gasteiger partial charge in [0.15, 0.2) is 0 Å². The molecule has 0 spiro atoms. The van der Waals surface area contributed by atoms with Gasteiger partial charge in [0.25, 0.3) is 0 Å². The zero-order valence-electron chi connectivity index (χ0n) is 14.5. The van der Waals surface area contributed by atoms with E-state index in [2.05, 4.69) is 77.1 Å². The van der Waals surface area contributed by atoms with Crippen LogP contribution in [0.2, 0.25) is 0 Å². The Morgan fingerprint density at radius 2 is 1.73 bits per heavy atom. The van der Waals surface area contributed by atoms with E-state index in [9.17, 15) is 0 Å². The molecule has 0 aliphatic heterocycles. The van der Waals surface area contributed by atoms with Crippen molar-refractivity contribution in [3.8, 4) is 11.1 Å². The summed E-state index contributed by atoms with van der Waals surface area (Å²) in [6, 6.07) is 13.5. The number of allylic oxidation sites excluding steroid dienone is 1. The molecule has 0 saturated heterocycles. The lowest BCUT2D eigenvalue weighted by Crippen LogP contribution is -2.14. The molecule has 0 saturated carbocycles. The molecule has 0 atom stereocenters. The first kappa shape index (κ1) is 15.1. The summed E-state index contributed by atoms with van der Waals surface area (Å²) in [5.41, 5.74) is 10.3. The summed E-state index contributed by atoms with van der Waals surface area (Å²) in [6.07, 6.45) is 4.70. The lowest BCUT2D eigenvalue weighted by molar-refractivity contribution is 0.591. The topological polar surface area (TPSA) is 0 Å². The second-order valence-electron chi connectivity index (χ2n) is 7.46. The van der Waals surface area contributed by atoms with Gasteiger partial charge in [0.1, 0.15) is 0 Å². The van der Waals surface area contributed by atoms with Gasteiger partial charge in [0, 0.05) is 0 Å². The van der Waals surface area contributed by atoms with Crippen molar-refractivity contribution in [1.82, 2.24) is 0 Å². The fourth-order valence-corrected chi connectivity index (χ4v) is 3.48. The highest BCUT2D eigenvalue weighted by molar-refractivity contribution is 5.85. The quantitative estimate of drug-likeness (QED) is 0.608. The molecule has 22 heavy (non-hydrogen) atoms. The predicted octanol–water partition coefficient (Wildman–Crippen LogP) is 6.31. The smallest absolute Gasteiger partial charge is 0.00577 e.